The Labute approximate surface area is 170 Å². The molecule has 152 valence electrons. The molecule has 8 nitrogen and oxygen atoms in total. The number of hydrogen-bond acceptors (Lipinski definition) is 7. The van der Waals surface area contributed by atoms with Gasteiger partial charge in [-0.25, -0.2) is 22.8 Å². The molecule has 0 aliphatic carbocycles. The van der Waals surface area contributed by atoms with Gasteiger partial charge in [0.1, 0.15) is 11.5 Å². The fourth-order valence-electron chi connectivity index (χ4n) is 3.24. The highest BCUT2D eigenvalue weighted by Gasteiger charge is 2.37. The summed E-state index contributed by atoms with van der Waals surface area (Å²) in [4.78, 5) is 29.1. The summed E-state index contributed by atoms with van der Waals surface area (Å²) in [6.07, 6.45) is 0.596. The number of aromatic nitrogens is 1. The maximum Gasteiger partial charge on any atom is 0.273 e. The zero-order chi connectivity index (χ0) is 20.6. The second-order valence-electron chi connectivity index (χ2n) is 6.84. The molecule has 29 heavy (non-hydrogen) atoms. The molecule has 1 N–H and O–H groups in total. The minimum atomic E-state index is -3.18. The van der Waals surface area contributed by atoms with Crippen LogP contribution in [0.4, 0.5) is 9.52 Å². The van der Waals surface area contributed by atoms with E-state index in [2.05, 4.69) is 15.4 Å². The average Bonchev–Trinajstić information content (AvgIpc) is 3.29. The van der Waals surface area contributed by atoms with Crippen molar-refractivity contribution in [2.75, 3.05) is 16.8 Å². The topological polar surface area (TPSA) is 109 Å². The highest BCUT2D eigenvalue weighted by atomic mass is 32.2. The van der Waals surface area contributed by atoms with Crippen molar-refractivity contribution in [3.63, 3.8) is 0 Å². The molecular weight excluding hydrogens is 419 g/mol. The first kappa shape index (κ1) is 19.6. The van der Waals surface area contributed by atoms with Crippen LogP contribution in [0.1, 0.15) is 19.3 Å². The van der Waals surface area contributed by atoms with Crippen LogP contribution in [0.2, 0.25) is 0 Å². The van der Waals surface area contributed by atoms with E-state index >= 15 is 0 Å². The highest BCUT2D eigenvalue weighted by molar-refractivity contribution is 7.91. The number of thiazole rings is 1. The molecule has 0 spiro atoms. The summed E-state index contributed by atoms with van der Waals surface area (Å²) in [6, 6.07) is 5.33. The highest BCUT2D eigenvalue weighted by Crippen LogP contribution is 2.26. The molecule has 2 aliphatic rings. The van der Waals surface area contributed by atoms with Gasteiger partial charge in [-0.1, -0.05) is 0 Å². The number of carbonyl (C=O) groups is 2. The minimum Gasteiger partial charge on any atom is -0.297 e. The van der Waals surface area contributed by atoms with Crippen LogP contribution in [0.5, 0.6) is 0 Å². The second kappa shape index (κ2) is 7.64. The van der Waals surface area contributed by atoms with E-state index in [1.807, 2.05) is 0 Å². The molecule has 1 atom stereocenters. The summed E-state index contributed by atoms with van der Waals surface area (Å²) in [7, 11) is -3.18. The Morgan fingerprint density at radius 2 is 2.00 bits per heavy atom. The van der Waals surface area contributed by atoms with Crippen molar-refractivity contribution in [3.05, 3.63) is 35.5 Å². The van der Waals surface area contributed by atoms with Crippen LogP contribution >= 0.6 is 11.3 Å². The van der Waals surface area contributed by atoms with E-state index in [9.17, 15) is 22.4 Å². The average molecular weight is 436 g/mol. The van der Waals surface area contributed by atoms with E-state index in [1.54, 1.807) is 17.5 Å². The van der Waals surface area contributed by atoms with Crippen LogP contribution in [0.25, 0.3) is 11.3 Å². The fraction of sp³-hybridized carbons (Fsp3) is 0.333. The lowest BCUT2D eigenvalue weighted by molar-refractivity contribution is -0.133. The van der Waals surface area contributed by atoms with E-state index in [4.69, 9.17) is 0 Å². The molecule has 1 fully saturated rings. The predicted molar refractivity (Wildman–Crippen MR) is 107 cm³/mol. The van der Waals surface area contributed by atoms with Gasteiger partial charge in [0, 0.05) is 23.8 Å². The lowest BCUT2D eigenvalue weighted by atomic mass is 10.1. The maximum absolute atomic E-state index is 13.0. The summed E-state index contributed by atoms with van der Waals surface area (Å²) >= 11 is 1.22. The molecule has 2 aromatic rings. The molecule has 0 radical (unpaired) electrons. The number of nitrogens with zero attached hydrogens (tertiary/aromatic N) is 3. The van der Waals surface area contributed by atoms with Crippen LogP contribution in [0.15, 0.2) is 34.7 Å². The zero-order valence-corrected chi connectivity index (χ0v) is 16.8. The standard InChI is InChI=1S/C18H17FN4O4S2/c19-12-3-1-11(2-4-12)15-9-28-18(20-15)21-17(25)14-5-6-16(24)23(22-14)13-7-8-29(26,27)10-13/h1-4,9,13H,5-8,10H2,(H,20,21,25). The number of benzene rings is 1. The quantitative estimate of drug-likeness (QED) is 0.789. The Morgan fingerprint density at radius 3 is 2.69 bits per heavy atom. The third kappa shape index (κ3) is 4.35. The number of nitrogens with one attached hydrogen (secondary N) is 1. The Kier molecular flexibility index (Phi) is 5.17. The molecule has 1 aromatic carbocycles. The Hall–Kier alpha value is -2.66. The molecule has 3 heterocycles. The van der Waals surface area contributed by atoms with Gasteiger partial charge in [-0.3, -0.25) is 14.9 Å². The fourth-order valence-corrected chi connectivity index (χ4v) is 5.65. The van der Waals surface area contributed by atoms with Crippen molar-refractivity contribution in [2.24, 2.45) is 5.10 Å². The number of rotatable bonds is 4. The van der Waals surface area contributed by atoms with Gasteiger partial charge < -0.3 is 0 Å². The Morgan fingerprint density at radius 1 is 1.24 bits per heavy atom. The monoisotopic (exact) mass is 436 g/mol. The Bertz CT molecular complexity index is 1100. The lowest BCUT2D eigenvalue weighted by Gasteiger charge is -2.27. The number of anilines is 1. The van der Waals surface area contributed by atoms with Crippen molar-refractivity contribution in [1.29, 1.82) is 0 Å². The number of hydrazone groups is 1. The molecule has 11 heteroatoms. The molecular formula is C18H17FN4O4S2. The summed E-state index contributed by atoms with van der Waals surface area (Å²) < 4.78 is 36.4. The molecule has 0 saturated carbocycles. The van der Waals surface area contributed by atoms with E-state index in [0.717, 1.165) is 10.6 Å². The zero-order valence-electron chi connectivity index (χ0n) is 15.2. The molecule has 0 bridgehead atoms. The van der Waals surface area contributed by atoms with Gasteiger partial charge in [0.15, 0.2) is 15.0 Å². The van der Waals surface area contributed by atoms with E-state index in [1.165, 1.54) is 23.5 Å². The number of carbonyl (C=O) groups excluding carboxylic acids is 2. The van der Waals surface area contributed by atoms with E-state index in [0.29, 0.717) is 17.2 Å². The van der Waals surface area contributed by atoms with Crippen molar-refractivity contribution in [2.45, 2.75) is 25.3 Å². The number of halogens is 1. The summed E-state index contributed by atoms with van der Waals surface area (Å²) in [5.41, 5.74) is 1.48. The normalized spacial score (nSPS) is 21.1. The second-order valence-corrected chi connectivity index (χ2v) is 9.93. The van der Waals surface area contributed by atoms with E-state index in [-0.39, 0.29) is 41.8 Å². The first-order valence-electron chi connectivity index (χ1n) is 8.93. The van der Waals surface area contributed by atoms with Crippen LogP contribution < -0.4 is 5.32 Å². The smallest absolute Gasteiger partial charge is 0.273 e. The SMILES string of the molecule is O=C(Nc1nc(-c2ccc(F)cc2)cs1)C1=NN(C2CCS(=O)(=O)C2)C(=O)CC1. The molecule has 1 saturated heterocycles. The molecule has 1 unspecified atom stereocenters. The van der Waals surface area contributed by atoms with Crippen molar-refractivity contribution in [3.8, 4) is 11.3 Å². The van der Waals surface area contributed by atoms with Crippen LogP contribution in [0, 0.1) is 5.82 Å². The largest absolute Gasteiger partial charge is 0.297 e. The first-order chi connectivity index (χ1) is 13.8. The molecule has 2 aliphatic heterocycles. The summed E-state index contributed by atoms with van der Waals surface area (Å²) in [5.74, 6) is -1.23. The van der Waals surface area contributed by atoms with Gasteiger partial charge in [-0.05, 0) is 30.7 Å². The summed E-state index contributed by atoms with van der Waals surface area (Å²) in [6.45, 7) is 0. The van der Waals surface area contributed by atoms with Crippen molar-refractivity contribution < 1.29 is 22.4 Å². The minimum absolute atomic E-state index is 0.0176. The lowest BCUT2D eigenvalue weighted by Crippen LogP contribution is -2.42. The third-order valence-electron chi connectivity index (χ3n) is 4.74. The van der Waals surface area contributed by atoms with Gasteiger partial charge >= 0.3 is 0 Å². The third-order valence-corrected chi connectivity index (χ3v) is 7.25. The van der Waals surface area contributed by atoms with Crippen LogP contribution in [-0.2, 0) is 19.4 Å². The van der Waals surface area contributed by atoms with Gasteiger partial charge in [0.2, 0.25) is 5.91 Å². The number of amides is 2. The summed E-state index contributed by atoms with van der Waals surface area (Å²) in [5, 5.41) is 10.0. The Balaban J connectivity index is 1.47. The maximum atomic E-state index is 13.0. The van der Waals surface area contributed by atoms with Crippen LogP contribution in [0.3, 0.4) is 0 Å². The van der Waals surface area contributed by atoms with Gasteiger partial charge in [-0.2, -0.15) is 5.10 Å². The molecule has 4 rings (SSSR count). The number of sulfone groups is 1. The molecule has 1 aromatic heterocycles. The van der Waals surface area contributed by atoms with Crippen molar-refractivity contribution >= 4 is 43.8 Å². The van der Waals surface area contributed by atoms with Gasteiger partial charge in [0.05, 0.1) is 23.2 Å². The predicted octanol–water partition coefficient (Wildman–Crippen LogP) is 2.05. The first-order valence-corrected chi connectivity index (χ1v) is 11.6. The van der Waals surface area contributed by atoms with Gasteiger partial charge in [-0.15, -0.1) is 11.3 Å². The molecule has 2 amide bonds. The van der Waals surface area contributed by atoms with Crippen LogP contribution in [-0.4, -0.2) is 53.5 Å². The van der Waals surface area contributed by atoms with Gasteiger partial charge in [0.25, 0.3) is 5.91 Å². The van der Waals surface area contributed by atoms with Crippen molar-refractivity contribution in [1.82, 2.24) is 9.99 Å². The van der Waals surface area contributed by atoms with E-state index < -0.39 is 21.8 Å². The number of hydrogen-bond donors (Lipinski definition) is 1.